The zero-order valence-corrected chi connectivity index (χ0v) is 11.7. The maximum absolute atomic E-state index is 11.7. The number of aromatic amines is 1. The number of anilines is 1. The number of carbonyl (C=O) groups excluding carboxylic acids is 1. The summed E-state index contributed by atoms with van der Waals surface area (Å²) in [6, 6.07) is 1.71. The van der Waals surface area contributed by atoms with E-state index in [0.717, 1.165) is 0 Å². The van der Waals surface area contributed by atoms with Crippen LogP contribution in [0.15, 0.2) is 10.9 Å². The van der Waals surface area contributed by atoms with Crippen LogP contribution in [-0.2, 0) is 0 Å². The number of fused-ring (bicyclic) bond motifs is 1. The van der Waals surface area contributed by atoms with Gasteiger partial charge in [-0.1, -0.05) is 13.8 Å². The molecule has 0 radical (unpaired) electrons. The number of urea groups is 1. The fourth-order valence-electron chi connectivity index (χ4n) is 2.71. The van der Waals surface area contributed by atoms with E-state index in [1.54, 1.807) is 0 Å². The van der Waals surface area contributed by atoms with E-state index < -0.39 is 0 Å². The smallest absolute Gasteiger partial charge is 0.317 e. The zero-order chi connectivity index (χ0) is 14.3. The highest BCUT2D eigenvalue weighted by Crippen LogP contribution is 2.19. The molecule has 0 aromatic carbocycles. The summed E-state index contributed by atoms with van der Waals surface area (Å²) in [5.74, 6) is 1.59. The molecule has 2 amide bonds. The highest BCUT2D eigenvalue weighted by atomic mass is 16.2. The molecule has 1 atom stereocenters. The standard InChI is InChI=1S/C13H19N5O2/c1-8(2)12-15-10(5-11(19)16-12)17-3-4-18-9(7-17)6-14-13(18)20/h5,8-9H,3-4,6-7H2,1-2H3,(H,14,20)(H,15,16,19). The second-order valence-electron chi connectivity index (χ2n) is 5.62. The summed E-state index contributed by atoms with van der Waals surface area (Å²) in [5.41, 5.74) is -0.123. The Hall–Kier alpha value is -2.05. The van der Waals surface area contributed by atoms with Gasteiger partial charge in [0, 0.05) is 38.2 Å². The van der Waals surface area contributed by atoms with Crippen LogP contribution in [0.3, 0.4) is 0 Å². The van der Waals surface area contributed by atoms with Gasteiger partial charge < -0.3 is 20.1 Å². The quantitative estimate of drug-likeness (QED) is 0.804. The number of H-pyrrole nitrogens is 1. The average molecular weight is 277 g/mol. The number of hydrogen-bond donors (Lipinski definition) is 2. The van der Waals surface area contributed by atoms with E-state index in [4.69, 9.17) is 0 Å². The fourth-order valence-corrected chi connectivity index (χ4v) is 2.71. The molecule has 1 unspecified atom stereocenters. The largest absolute Gasteiger partial charge is 0.352 e. The van der Waals surface area contributed by atoms with Crippen LogP contribution in [0.4, 0.5) is 10.6 Å². The number of carbonyl (C=O) groups is 1. The molecule has 2 aliphatic heterocycles. The maximum atomic E-state index is 11.7. The number of nitrogens with zero attached hydrogens (tertiary/aromatic N) is 3. The minimum atomic E-state index is -0.123. The Morgan fingerprint density at radius 1 is 1.35 bits per heavy atom. The molecule has 3 heterocycles. The molecule has 1 aromatic heterocycles. The molecular formula is C13H19N5O2. The monoisotopic (exact) mass is 277 g/mol. The van der Waals surface area contributed by atoms with Crippen molar-refractivity contribution < 1.29 is 4.79 Å². The van der Waals surface area contributed by atoms with Gasteiger partial charge >= 0.3 is 6.03 Å². The molecule has 2 saturated heterocycles. The third kappa shape index (κ3) is 2.23. The van der Waals surface area contributed by atoms with Crippen molar-refractivity contribution in [3.63, 3.8) is 0 Å². The molecule has 108 valence electrons. The predicted octanol–water partition coefficient (Wildman–Crippen LogP) is 0.107. The lowest BCUT2D eigenvalue weighted by molar-refractivity contribution is 0.197. The maximum Gasteiger partial charge on any atom is 0.317 e. The lowest BCUT2D eigenvalue weighted by atomic mass is 10.2. The lowest BCUT2D eigenvalue weighted by Gasteiger charge is -2.37. The molecule has 1 aromatic rings. The van der Waals surface area contributed by atoms with Crippen LogP contribution in [0.1, 0.15) is 25.6 Å². The first kappa shape index (κ1) is 13.0. The molecule has 2 N–H and O–H groups in total. The van der Waals surface area contributed by atoms with Gasteiger partial charge in [-0.15, -0.1) is 0 Å². The van der Waals surface area contributed by atoms with Crippen molar-refractivity contribution in [2.75, 3.05) is 31.1 Å². The van der Waals surface area contributed by atoms with Crippen molar-refractivity contribution in [2.24, 2.45) is 0 Å². The van der Waals surface area contributed by atoms with E-state index in [-0.39, 0.29) is 23.6 Å². The predicted molar refractivity (Wildman–Crippen MR) is 75.1 cm³/mol. The number of hydrogen-bond acceptors (Lipinski definition) is 4. The molecule has 3 rings (SSSR count). The van der Waals surface area contributed by atoms with E-state index in [1.807, 2.05) is 18.7 Å². The summed E-state index contributed by atoms with van der Waals surface area (Å²) >= 11 is 0. The van der Waals surface area contributed by atoms with E-state index in [0.29, 0.717) is 37.8 Å². The van der Waals surface area contributed by atoms with Crippen LogP contribution >= 0.6 is 0 Å². The minimum Gasteiger partial charge on any atom is -0.352 e. The minimum absolute atomic E-state index is 0.0105. The molecule has 2 aliphatic rings. The molecule has 0 saturated carbocycles. The summed E-state index contributed by atoms with van der Waals surface area (Å²) in [6.45, 7) is 6.75. The van der Waals surface area contributed by atoms with Crippen LogP contribution in [-0.4, -0.2) is 53.1 Å². The second-order valence-corrected chi connectivity index (χ2v) is 5.62. The number of nitrogens with one attached hydrogen (secondary N) is 2. The third-order valence-electron chi connectivity index (χ3n) is 3.85. The molecule has 0 aliphatic carbocycles. The molecule has 2 fully saturated rings. The Kier molecular flexibility index (Phi) is 3.11. The number of aromatic nitrogens is 2. The van der Waals surface area contributed by atoms with Gasteiger partial charge in [0.1, 0.15) is 11.6 Å². The molecule has 20 heavy (non-hydrogen) atoms. The average Bonchev–Trinajstić information content (AvgIpc) is 2.79. The van der Waals surface area contributed by atoms with Gasteiger partial charge in [-0.05, 0) is 0 Å². The molecule has 0 bridgehead atoms. The van der Waals surface area contributed by atoms with Gasteiger partial charge in [-0.25, -0.2) is 9.78 Å². The molecule has 7 heteroatoms. The van der Waals surface area contributed by atoms with Crippen molar-refractivity contribution in [2.45, 2.75) is 25.8 Å². The van der Waals surface area contributed by atoms with E-state index in [1.165, 1.54) is 6.07 Å². The Morgan fingerprint density at radius 2 is 2.15 bits per heavy atom. The van der Waals surface area contributed by atoms with Crippen LogP contribution in [0.5, 0.6) is 0 Å². The summed E-state index contributed by atoms with van der Waals surface area (Å²) < 4.78 is 0. The molecule has 7 nitrogen and oxygen atoms in total. The number of piperazine rings is 1. The SMILES string of the molecule is CC(C)c1nc(N2CCN3C(=O)NCC3C2)cc(=O)[nH]1. The van der Waals surface area contributed by atoms with Crippen LogP contribution in [0.25, 0.3) is 0 Å². The van der Waals surface area contributed by atoms with Gasteiger partial charge in [0.2, 0.25) is 0 Å². The van der Waals surface area contributed by atoms with Crippen molar-refractivity contribution in [1.82, 2.24) is 20.2 Å². The van der Waals surface area contributed by atoms with Crippen molar-refractivity contribution in [1.29, 1.82) is 0 Å². The Morgan fingerprint density at radius 3 is 2.90 bits per heavy atom. The van der Waals surface area contributed by atoms with E-state index in [9.17, 15) is 9.59 Å². The van der Waals surface area contributed by atoms with Crippen LogP contribution in [0, 0.1) is 0 Å². The number of amides is 2. The van der Waals surface area contributed by atoms with Gasteiger partial charge in [0.15, 0.2) is 0 Å². The van der Waals surface area contributed by atoms with Crippen molar-refractivity contribution in [3.8, 4) is 0 Å². The van der Waals surface area contributed by atoms with Gasteiger partial charge in [-0.2, -0.15) is 0 Å². The Labute approximate surface area is 117 Å². The normalized spacial score (nSPS) is 22.1. The first-order valence-corrected chi connectivity index (χ1v) is 6.95. The summed E-state index contributed by atoms with van der Waals surface area (Å²) in [7, 11) is 0. The second kappa shape index (κ2) is 4.81. The van der Waals surface area contributed by atoms with Crippen LogP contribution in [0.2, 0.25) is 0 Å². The lowest BCUT2D eigenvalue weighted by Crippen LogP contribution is -2.52. The van der Waals surface area contributed by atoms with E-state index in [2.05, 4.69) is 20.2 Å². The van der Waals surface area contributed by atoms with Crippen LogP contribution < -0.4 is 15.8 Å². The van der Waals surface area contributed by atoms with Crippen molar-refractivity contribution in [3.05, 3.63) is 22.2 Å². The Bertz CT molecular complexity index is 582. The first-order chi connectivity index (χ1) is 9.54. The highest BCUT2D eigenvalue weighted by Gasteiger charge is 2.35. The third-order valence-corrected chi connectivity index (χ3v) is 3.85. The van der Waals surface area contributed by atoms with E-state index >= 15 is 0 Å². The van der Waals surface area contributed by atoms with Gasteiger partial charge in [0.25, 0.3) is 5.56 Å². The zero-order valence-electron chi connectivity index (χ0n) is 11.7. The summed E-state index contributed by atoms with van der Waals surface area (Å²) in [6.07, 6.45) is 0. The van der Waals surface area contributed by atoms with Crippen molar-refractivity contribution >= 4 is 11.8 Å². The Balaban J connectivity index is 1.84. The summed E-state index contributed by atoms with van der Waals surface area (Å²) in [4.78, 5) is 34.6. The highest BCUT2D eigenvalue weighted by molar-refractivity contribution is 5.77. The summed E-state index contributed by atoms with van der Waals surface area (Å²) in [5, 5.41) is 2.85. The topological polar surface area (TPSA) is 81.3 Å². The van der Waals surface area contributed by atoms with Gasteiger partial charge in [0.05, 0.1) is 6.04 Å². The molecule has 0 spiro atoms. The number of rotatable bonds is 2. The fraction of sp³-hybridized carbons (Fsp3) is 0.615. The molecular weight excluding hydrogens is 258 g/mol. The van der Waals surface area contributed by atoms with Gasteiger partial charge in [-0.3, -0.25) is 4.79 Å². The first-order valence-electron chi connectivity index (χ1n) is 6.95.